The number of benzene rings is 2. The number of methoxy groups -OCH3 is 1. The number of carbonyl (C=O) groups excluding carboxylic acids is 2. The molecule has 0 aromatic heterocycles. The summed E-state index contributed by atoms with van der Waals surface area (Å²) in [5, 5.41) is 3.65. The minimum Gasteiger partial charge on any atom is -0.497 e. The number of ether oxygens (including phenoxy) is 1. The molecule has 0 saturated carbocycles. The Morgan fingerprint density at radius 3 is 2.42 bits per heavy atom. The van der Waals surface area contributed by atoms with Crippen LogP contribution in [0.25, 0.3) is 0 Å². The van der Waals surface area contributed by atoms with E-state index in [1.807, 2.05) is 13.8 Å². The number of hydrogen-bond donors (Lipinski definition) is 1. The quantitative estimate of drug-likeness (QED) is 0.391. The van der Waals surface area contributed by atoms with Gasteiger partial charge >= 0.3 is 0 Å². The lowest BCUT2D eigenvalue weighted by atomic mass is 10.1. The van der Waals surface area contributed by atoms with Gasteiger partial charge in [-0.2, -0.15) is 0 Å². The number of anilines is 1. The van der Waals surface area contributed by atoms with Gasteiger partial charge in [0, 0.05) is 42.2 Å². The Bertz CT molecular complexity index is 1160. The molecule has 198 valence electrons. The molecule has 0 spiro atoms. The summed E-state index contributed by atoms with van der Waals surface area (Å²) in [4.78, 5) is 27.6. The zero-order valence-corrected chi connectivity index (χ0v) is 23.3. The topological polar surface area (TPSA) is 96.0 Å². The first-order valence-electron chi connectivity index (χ1n) is 11.6. The predicted octanol–water partition coefficient (Wildman–Crippen LogP) is 4.49. The second-order valence-electron chi connectivity index (χ2n) is 8.22. The third kappa shape index (κ3) is 8.28. The van der Waals surface area contributed by atoms with Crippen molar-refractivity contribution in [1.29, 1.82) is 0 Å². The largest absolute Gasteiger partial charge is 0.497 e. The van der Waals surface area contributed by atoms with Crippen LogP contribution in [0.3, 0.4) is 0 Å². The zero-order valence-electron chi connectivity index (χ0n) is 21.0. The fourth-order valence-corrected chi connectivity index (χ4v) is 5.24. The zero-order chi connectivity index (χ0) is 26.9. The van der Waals surface area contributed by atoms with E-state index in [0.29, 0.717) is 40.0 Å². The second-order valence-corrected chi connectivity index (χ2v) is 11.0. The van der Waals surface area contributed by atoms with E-state index in [1.54, 1.807) is 42.5 Å². The highest BCUT2D eigenvalue weighted by atomic mass is 35.5. The van der Waals surface area contributed by atoms with Gasteiger partial charge in [0.05, 0.1) is 19.1 Å². The molecule has 1 unspecified atom stereocenters. The molecule has 0 aliphatic heterocycles. The number of halogens is 2. The standard InChI is InChI=1S/C25H33Cl2N3O5S/c1-5-23(25(32)28-6-2)29(17-18-12-13-19(26)15-22(18)27)24(31)11-8-14-30(36(4,33)34)20-9-7-10-21(16-20)35-3/h7,9-10,12-13,15-16,23H,5-6,8,11,14,17H2,1-4H3,(H,28,32). The molecule has 0 saturated heterocycles. The lowest BCUT2D eigenvalue weighted by Gasteiger charge is -2.31. The van der Waals surface area contributed by atoms with Gasteiger partial charge in [-0.3, -0.25) is 13.9 Å². The smallest absolute Gasteiger partial charge is 0.242 e. The molecule has 2 amide bonds. The molecule has 2 rings (SSSR count). The molecular weight excluding hydrogens is 525 g/mol. The lowest BCUT2D eigenvalue weighted by Crippen LogP contribution is -2.49. The fourth-order valence-electron chi connectivity index (χ4n) is 3.81. The second kappa shape index (κ2) is 13.7. The summed E-state index contributed by atoms with van der Waals surface area (Å²) in [7, 11) is -2.10. The van der Waals surface area contributed by atoms with E-state index in [1.165, 1.54) is 16.3 Å². The molecule has 1 N–H and O–H groups in total. The van der Waals surface area contributed by atoms with Crippen molar-refractivity contribution in [2.45, 2.75) is 45.7 Å². The van der Waals surface area contributed by atoms with Crippen molar-refractivity contribution < 1.29 is 22.7 Å². The number of likely N-dealkylation sites (N-methyl/N-ethyl adjacent to an activating group) is 1. The molecule has 11 heteroatoms. The summed E-state index contributed by atoms with van der Waals surface area (Å²) in [5.41, 5.74) is 1.11. The van der Waals surface area contributed by atoms with Crippen molar-refractivity contribution in [3.8, 4) is 5.75 Å². The molecule has 2 aromatic rings. The van der Waals surface area contributed by atoms with E-state index in [9.17, 15) is 18.0 Å². The van der Waals surface area contributed by atoms with Crippen LogP contribution in [-0.2, 0) is 26.2 Å². The molecule has 0 radical (unpaired) electrons. The monoisotopic (exact) mass is 557 g/mol. The molecule has 8 nitrogen and oxygen atoms in total. The maximum Gasteiger partial charge on any atom is 0.242 e. The Hall–Kier alpha value is -2.49. The number of nitrogens with zero attached hydrogens (tertiary/aromatic N) is 2. The fraction of sp³-hybridized carbons (Fsp3) is 0.440. The Kier molecular flexibility index (Phi) is 11.3. The number of sulfonamides is 1. The van der Waals surface area contributed by atoms with Gasteiger partial charge in [-0.1, -0.05) is 42.3 Å². The van der Waals surface area contributed by atoms with Crippen molar-refractivity contribution >= 4 is 50.7 Å². The summed E-state index contributed by atoms with van der Waals surface area (Å²) in [6.45, 7) is 4.29. The van der Waals surface area contributed by atoms with E-state index in [-0.39, 0.29) is 37.7 Å². The van der Waals surface area contributed by atoms with Crippen molar-refractivity contribution in [3.63, 3.8) is 0 Å². The Balaban J connectivity index is 2.24. The van der Waals surface area contributed by atoms with Gasteiger partial charge < -0.3 is 15.0 Å². The van der Waals surface area contributed by atoms with Gasteiger partial charge in [0.25, 0.3) is 0 Å². The van der Waals surface area contributed by atoms with Crippen LogP contribution in [-0.4, -0.2) is 57.6 Å². The molecule has 0 aliphatic carbocycles. The maximum absolute atomic E-state index is 13.4. The first-order valence-corrected chi connectivity index (χ1v) is 14.2. The average Bonchev–Trinajstić information content (AvgIpc) is 2.82. The number of nitrogens with one attached hydrogen (secondary N) is 1. The van der Waals surface area contributed by atoms with Crippen LogP contribution < -0.4 is 14.4 Å². The van der Waals surface area contributed by atoms with Gasteiger partial charge in [-0.15, -0.1) is 0 Å². The SMILES string of the molecule is CCNC(=O)C(CC)N(Cc1ccc(Cl)cc1Cl)C(=O)CCCN(c1cccc(OC)c1)S(C)(=O)=O. The minimum atomic E-state index is -3.60. The first kappa shape index (κ1) is 29.7. The average molecular weight is 559 g/mol. The number of amides is 2. The van der Waals surface area contributed by atoms with Gasteiger partial charge in [0.15, 0.2) is 0 Å². The summed E-state index contributed by atoms with van der Waals surface area (Å²) in [6.07, 6.45) is 1.81. The Morgan fingerprint density at radius 1 is 1.11 bits per heavy atom. The Morgan fingerprint density at radius 2 is 1.83 bits per heavy atom. The van der Waals surface area contributed by atoms with Gasteiger partial charge in [-0.05, 0) is 49.6 Å². The predicted molar refractivity (Wildman–Crippen MR) is 144 cm³/mol. The van der Waals surface area contributed by atoms with Crippen LogP contribution in [0.15, 0.2) is 42.5 Å². The molecule has 0 bridgehead atoms. The summed E-state index contributed by atoms with van der Waals surface area (Å²) in [6, 6.07) is 11.0. The van der Waals surface area contributed by atoms with Crippen LogP contribution in [0.4, 0.5) is 5.69 Å². The van der Waals surface area contributed by atoms with Crippen LogP contribution in [0.5, 0.6) is 5.75 Å². The minimum absolute atomic E-state index is 0.0388. The van der Waals surface area contributed by atoms with E-state index < -0.39 is 16.1 Å². The first-order chi connectivity index (χ1) is 17.0. The molecule has 2 aromatic carbocycles. The molecule has 36 heavy (non-hydrogen) atoms. The highest BCUT2D eigenvalue weighted by molar-refractivity contribution is 7.92. The van der Waals surface area contributed by atoms with E-state index in [2.05, 4.69) is 5.32 Å². The number of rotatable bonds is 13. The lowest BCUT2D eigenvalue weighted by molar-refractivity contribution is -0.141. The molecule has 1 atom stereocenters. The molecule has 0 heterocycles. The van der Waals surface area contributed by atoms with Crippen molar-refractivity contribution in [2.24, 2.45) is 0 Å². The summed E-state index contributed by atoms with van der Waals surface area (Å²) in [5.74, 6) is -0.0123. The summed E-state index contributed by atoms with van der Waals surface area (Å²) >= 11 is 12.4. The van der Waals surface area contributed by atoms with Gasteiger partial charge in [-0.25, -0.2) is 8.42 Å². The normalized spacial score (nSPS) is 12.1. The van der Waals surface area contributed by atoms with Crippen LogP contribution in [0.1, 0.15) is 38.7 Å². The van der Waals surface area contributed by atoms with E-state index in [4.69, 9.17) is 27.9 Å². The van der Waals surface area contributed by atoms with E-state index >= 15 is 0 Å². The van der Waals surface area contributed by atoms with Crippen LogP contribution in [0, 0.1) is 0 Å². The highest BCUT2D eigenvalue weighted by Gasteiger charge is 2.29. The van der Waals surface area contributed by atoms with E-state index in [0.717, 1.165) is 6.26 Å². The summed E-state index contributed by atoms with van der Waals surface area (Å²) < 4.78 is 31.4. The van der Waals surface area contributed by atoms with Crippen LogP contribution in [0.2, 0.25) is 10.0 Å². The molecule has 0 aliphatic rings. The molecular formula is C25H33Cl2N3O5S. The Labute approximate surface area is 223 Å². The van der Waals surface area contributed by atoms with Crippen molar-refractivity contribution in [3.05, 3.63) is 58.1 Å². The molecule has 0 fully saturated rings. The number of carbonyl (C=O) groups is 2. The number of hydrogen-bond acceptors (Lipinski definition) is 5. The maximum atomic E-state index is 13.4. The third-order valence-corrected chi connectivity index (χ3v) is 7.37. The van der Waals surface area contributed by atoms with Crippen molar-refractivity contribution in [1.82, 2.24) is 10.2 Å². The van der Waals surface area contributed by atoms with Crippen LogP contribution >= 0.6 is 23.2 Å². The van der Waals surface area contributed by atoms with Crippen molar-refractivity contribution in [2.75, 3.05) is 30.8 Å². The third-order valence-electron chi connectivity index (χ3n) is 5.59. The van der Waals surface area contributed by atoms with Gasteiger partial charge in [0.1, 0.15) is 11.8 Å². The highest BCUT2D eigenvalue weighted by Crippen LogP contribution is 2.26. The van der Waals surface area contributed by atoms with Gasteiger partial charge in [0.2, 0.25) is 21.8 Å².